The standard InChI is InChI=1S/C38H35N5O3.H2/c39-35(44)24-42-37(45)34(23-26-11-15-30(16-12-26)28-7-3-1-4-8-28)43(38(46)33-21-19-32(20-22-33)36(40)41)25-27-13-17-31(18-14-27)29-9-5-2-6-10-29;/h1-22,34H,23-25H2,(H2,39,44)(H3,40,41)(H,42,45);1H. The molecule has 8 nitrogen and oxygen atoms in total. The van der Waals surface area contributed by atoms with Crippen molar-refractivity contribution < 1.29 is 15.8 Å². The summed E-state index contributed by atoms with van der Waals surface area (Å²) in [6, 6.07) is 41.0. The van der Waals surface area contributed by atoms with Crippen molar-refractivity contribution in [3.8, 4) is 22.3 Å². The molecule has 0 fully saturated rings. The van der Waals surface area contributed by atoms with Crippen molar-refractivity contribution in [3.63, 3.8) is 0 Å². The van der Waals surface area contributed by atoms with E-state index in [9.17, 15) is 14.4 Å². The van der Waals surface area contributed by atoms with Gasteiger partial charge in [-0.25, -0.2) is 0 Å². The normalized spacial score (nSPS) is 11.3. The Balaban J connectivity index is 0.00000500. The van der Waals surface area contributed by atoms with Crippen molar-refractivity contribution in [2.75, 3.05) is 6.54 Å². The number of carbonyl (C=O) groups excluding carboxylic acids is 3. The number of hydrogen-bond donors (Lipinski definition) is 4. The molecule has 46 heavy (non-hydrogen) atoms. The first kappa shape index (κ1) is 31.4. The van der Waals surface area contributed by atoms with Crippen LogP contribution < -0.4 is 16.8 Å². The van der Waals surface area contributed by atoms with Gasteiger partial charge in [0, 0.05) is 25.5 Å². The summed E-state index contributed by atoms with van der Waals surface area (Å²) in [5.41, 5.74) is 17.6. The molecule has 0 heterocycles. The Bertz CT molecular complexity index is 1810. The van der Waals surface area contributed by atoms with Gasteiger partial charge in [-0.05, 0) is 45.5 Å². The van der Waals surface area contributed by atoms with Crippen molar-refractivity contribution in [2.24, 2.45) is 11.5 Å². The molecule has 0 aromatic heterocycles. The first-order chi connectivity index (χ1) is 22.3. The van der Waals surface area contributed by atoms with E-state index >= 15 is 0 Å². The smallest absolute Gasteiger partial charge is 0.254 e. The summed E-state index contributed by atoms with van der Waals surface area (Å²) in [5, 5.41) is 10.3. The lowest BCUT2D eigenvalue weighted by atomic mass is 9.98. The summed E-state index contributed by atoms with van der Waals surface area (Å²) in [5.74, 6) is -1.69. The van der Waals surface area contributed by atoms with E-state index in [1.54, 1.807) is 24.3 Å². The van der Waals surface area contributed by atoms with Crippen LogP contribution in [0.3, 0.4) is 0 Å². The minimum Gasteiger partial charge on any atom is -0.384 e. The number of nitrogens with two attached hydrogens (primary N) is 2. The van der Waals surface area contributed by atoms with E-state index in [0.717, 1.165) is 33.4 Å². The lowest BCUT2D eigenvalue weighted by Crippen LogP contribution is -2.51. The van der Waals surface area contributed by atoms with Crippen molar-refractivity contribution in [1.29, 1.82) is 5.41 Å². The van der Waals surface area contributed by atoms with Gasteiger partial charge < -0.3 is 21.7 Å². The van der Waals surface area contributed by atoms with Crippen LogP contribution in [0.15, 0.2) is 133 Å². The molecule has 3 amide bonds. The Morgan fingerprint density at radius 2 is 1.09 bits per heavy atom. The topological polar surface area (TPSA) is 142 Å². The number of amidine groups is 1. The van der Waals surface area contributed by atoms with E-state index in [2.05, 4.69) is 5.32 Å². The van der Waals surface area contributed by atoms with Crippen LogP contribution in [0.4, 0.5) is 0 Å². The molecule has 0 saturated carbocycles. The average molecular weight is 612 g/mol. The molecule has 5 rings (SSSR count). The third-order valence-corrected chi connectivity index (χ3v) is 7.72. The Labute approximate surface area is 269 Å². The monoisotopic (exact) mass is 611 g/mol. The van der Waals surface area contributed by atoms with Gasteiger partial charge in [0.25, 0.3) is 5.91 Å². The van der Waals surface area contributed by atoms with Crippen molar-refractivity contribution in [3.05, 3.63) is 156 Å². The fraction of sp³-hybridized carbons (Fsp3) is 0.105. The second-order valence-electron chi connectivity index (χ2n) is 11.0. The van der Waals surface area contributed by atoms with Gasteiger partial charge in [0.2, 0.25) is 11.8 Å². The number of amides is 3. The fourth-order valence-corrected chi connectivity index (χ4v) is 5.24. The zero-order valence-corrected chi connectivity index (χ0v) is 25.2. The highest BCUT2D eigenvalue weighted by atomic mass is 16.2. The summed E-state index contributed by atoms with van der Waals surface area (Å²) in [6.07, 6.45) is 0.193. The van der Waals surface area contributed by atoms with Crippen LogP contribution in [0.5, 0.6) is 0 Å². The molecule has 0 aliphatic carbocycles. The molecular weight excluding hydrogens is 574 g/mol. The van der Waals surface area contributed by atoms with Gasteiger partial charge in [-0.15, -0.1) is 0 Å². The van der Waals surface area contributed by atoms with Crippen LogP contribution in [0, 0.1) is 5.41 Å². The molecule has 1 atom stereocenters. The van der Waals surface area contributed by atoms with Crippen LogP contribution in [-0.2, 0) is 22.6 Å². The Hall–Kier alpha value is -6.02. The molecular formula is C38H37N5O3. The predicted octanol–water partition coefficient (Wildman–Crippen LogP) is 5.41. The van der Waals surface area contributed by atoms with Gasteiger partial charge in [-0.2, -0.15) is 0 Å². The van der Waals surface area contributed by atoms with Gasteiger partial charge in [0.15, 0.2) is 0 Å². The Kier molecular flexibility index (Phi) is 9.99. The van der Waals surface area contributed by atoms with E-state index in [-0.39, 0.29) is 32.7 Å². The molecule has 0 aliphatic heterocycles. The molecule has 5 aromatic carbocycles. The van der Waals surface area contributed by atoms with E-state index in [0.29, 0.717) is 11.1 Å². The maximum Gasteiger partial charge on any atom is 0.254 e. The molecule has 1 unspecified atom stereocenters. The summed E-state index contributed by atoms with van der Waals surface area (Å²) in [7, 11) is 0. The van der Waals surface area contributed by atoms with E-state index in [4.69, 9.17) is 16.9 Å². The third-order valence-electron chi connectivity index (χ3n) is 7.72. The average Bonchev–Trinajstić information content (AvgIpc) is 3.09. The maximum absolute atomic E-state index is 14.2. The first-order valence-corrected chi connectivity index (χ1v) is 14.9. The maximum atomic E-state index is 14.2. The molecule has 0 radical (unpaired) electrons. The summed E-state index contributed by atoms with van der Waals surface area (Å²) >= 11 is 0. The lowest BCUT2D eigenvalue weighted by molar-refractivity contribution is -0.128. The second kappa shape index (κ2) is 14.6. The second-order valence-corrected chi connectivity index (χ2v) is 11.0. The number of primary amides is 1. The molecule has 0 spiro atoms. The van der Waals surface area contributed by atoms with Crippen LogP contribution in [0.25, 0.3) is 22.3 Å². The lowest BCUT2D eigenvalue weighted by Gasteiger charge is -2.31. The molecule has 232 valence electrons. The summed E-state index contributed by atoms with van der Waals surface area (Å²) in [6.45, 7) is -0.234. The van der Waals surface area contributed by atoms with Crippen molar-refractivity contribution >= 4 is 23.6 Å². The highest BCUT2D eigenvalue weighted by molar-refractivity contribution is 6.00. The number of nitrogens with one attached hydrogen (secondary N) is 2. The van der Waals surface area contributed by atoms with Crippen LogP contribution in [-0.4, -0.2) is 41.0 Å². The van der Waals surface area contributed by atoms with Crippen LogP contribution >= 0.6 is 0 Å². The third kappa shape index (κ3) is 7.92. The fourth-order valence-electron chi connectivity index (χ4n) is 5.24. The van der Waals surface area contributed by atoms with E-state index in [1.165, 1.54) is 4.90 Å². The van der Waals surface area contributed by atoms with Gasteiger partial charge in [-0.3, -0.25) is 19.8 Å². The largest absolute Gasteiger partial charge is 0.384 e. The minimum absolute atomic E-state index is 0. The predicted molar refractivity (Wildman–Crippen MR) is 183 cm³/mol. The molecule has 0 saturated heterocycles. The molecule has 5 aromatic rings. The number of carbonyl (C=O) groups is 3. The molecule has 6 N–H and O–H groups in total. The van der Waals surface area contributed by atoms with Crippen LogP contribution in [0.2, 0.25) is 0 Å². The van der Waals surface area contributed by atoms with Crippen molar-refractivity contribution in [1.82, 2.24) is 10.2 Å². The number of benzene rings is 5. The highest BCUT2D eigenvalue weighted by Gasteiger charge is 2.31. The first-order valence-electron chi connectivity index (χ1n) is 14.9. The quantitative estimate of drug-likeness (QED) is 0.111. The number of nitrogens with zero attached hydrogens (tertiary/aromatic N) is 1. The highest BCUT2D eigenvalue weighted by Crippen LogP contribution is 2.24. The SMILES string of the molecule is N=C(N)c1ccc(C(=O)N(Cc2ccc(-c3ccccc3)cc2)C(Cc2ccc(-c3ccccc3)cc2)C(=O)NCC(N)=O)cc1.[HH]. The zero-order valence-electron chi connectivity index (χ0n) is 25.2. The van der Waals surface area contributed by atoms with Gasteiger partial charge >= 0.3 is 0 Å². The summed E-state index contributed by atoms with van der Waals surface area (Å²) in [4.78, 5) is 41.1. The molecule has 0 aliphatic rings. The Morgan fingerprint density at radius 1 is 0.630 bits per heavy atom. The van der Waals surface area contributed by atoms with Gasteiger partial charge in [0.05, 0.1) is 6.54 Å². The van der Waals surface area contributed by atoms with Crippen LogP contribution in [0.1, 0.15) is 28.5 Å². The van der Waals surface area contributed by atoms with Gasteiger partial charge in [0.1, 0.15) is 11.9 Å². The minimum atomic E-state index is -0.976. The molecule has 0 bridgehead atoms. The van der Waals surface area contributed by atoms with Gasteiger partial charge in [-0.1, -0.05) is 121 Å². The Morgan fingerprint density at radius 3 is 1.57 bits per heavy atom. The molecule has 8 heteroatoms. The number of nitrogen functional groups attached to an aromatic ring is 1. The number of hydrogen-bond acceptors (Lipinski definition) is 4. The van der Waals surface area contributed by atoms with E-state index < -0.39 is 17.9 Å². The van der Waals surface area contributed by atoms with E-state index in [1.807, 2.05) is 109 Å². The summed E-state index contributed by atoms with van der Waals surface area (Å²) < 4.78 is 0. The number of rotatable bonds is 12. The zero-order chi connectivity index (χ0) is 32.5. The van der Waals surface area contributed by atoms with Crippen molar-refractivity contribution in [2.45, 2.75) is 19.0 Å².